The van der Waals surface area contributed by atoms with Crippen LogP contribution in [0.5, 0.6) is 0 Å². The Bertz CT molecular complexity index is 704. The topological polar surface area (TPSA) is 71.1 Å². The first-order valence-electron chi connectivity index (χ1n) is 5.88. The molecule has 0 saturated heterocycles. The summed E-state index contributed by atoms with van der Waals surface area (Å²) < 4.78 is 39.6. The van der Waals surface area contributed by atoms with E-state index in [0.29, 0.717) is 12.2 Å². The lowest BCUT2D eigenvalue weighted by Crippen LogP contribution is -2.14. The molecule has 0 aliphatic rings. The molecular formula is C13H14FN3O2S. The fourth-order valence-electron chi connectivity index (χ4n) is 1.70. The van der Waals surface area contributed by atoms with Gasteiger partial charge in [-0.1, -0.05) is 12.1 Å². The largest absolute Gasteiger partial charge is 0.316 e. The fraction of sp³-hybridized carbons (Fsp3) is 0.154. The molecule has 0 unspecified atom stereocenters. The van der Waals surface area contributed by atoms with Crippen molar-refractivity contribution in [3.05, 3.63) is 54.1 Å². The Morgan fingerprint density at radius 2 is 2.05 bits per heavy atom. The minimum absolute atomic E-state index is 0.212. The van der Waals surface area contributed by atoms with E-state index in [1.807, 2.05) is 6.07 Å². The molecule has 2 rings (SSSR count). The number of sulfonamides is 1. The molecule has 20 heavy (non-hydrogen) atoms. The van der Waals surface area contributed by atoms with E-state index < -0.39 is 15.8 Å². The van der Waals surface area contributed by atoms with E-state index in [1.54, 1.807) is 25.2 Å². The van der Waals surface area contributed by atoms with Crippen LogP contribution in [0.2, 0.25) is 0 Å². The third-order valence-corrected chi connectivity index (χ3v) is 3.90. The van der Waals surface area contributed by atoms with Crippen LogP contribution in [0.1, 0.15) is 5.56 Å². The molecule has 5 nitrogen and oxygen atoms in total. The van der Waals surface area contributed by atoms with Crippen LogP contribution < -0.4 is 10.0 Å². The lowest BCUT2D eigenvalue weighted by Gasteiger charge is -2.09. The zero-order chi connectivity index (χ0) is 14.6. The average molecular weight is 295 g/mol. The second-order valence-corrected chi connectivity index (χ2v) is 5.86. The Labute approximate surface area is 116 Å². The maximum atomic E-state index is 13.0. The van der Waals surface area contributed by atoms with Crippen molar-refractivity contribution in [3.8, 4) is 0 Å². The number of nitrogens with one attached hydrogen (secondary N) is 2. The average Bonchev–Trinajstić information content (AvgIpc) is 2.39. The molecule has 0 aliphatic heterocycles. The Morgan fingerprint density at radius 1 is 1.25 bits per heavy atom. The molecule has 0 aliphatic carbocycles. The molecule has 1 aromatic heterocycles. The second-order valence-electron chi connectivity index (χ2n) is 4.18. The van der Waals surface area contributed by atoms with E-state index in [1.165, 1.54) is 0 Å². The van der Waals surface area contributed by atoms with E-state index in [4.69, 9.17) is 0 Å². The van der Waals surface area contributed by atoms with E-state index in [-0.39, 0.29) is 4.90 Å². The number of rotatable bonds is 5. The Hall–Kier alpha value is -1.99. The summed E-state index contributed by atoms with van der Waals surface area (Å²) in [7, 11) is -2.04. The van der Waals surface area contributed by atoms with Crippen molar-refractivity contribution in [1.82, 2.24) is 10.3 Å². The van der Waals surface area contributed by atoms with E-state index in [9.17, 15) is 12.8 Å². The second kappa shape index (κ2) is 5.98. The molecule has 2 aromatic rings. The summed E-state index contributed by atoms with van der Waals surface area (Å²) in [6.45, 7) is 0.622. The summed E-state index contributed by atoms with van der Waals surface area (Å²) in [4.78, 5) is 3.32. The minimum Gasteiger partial charge on any atom is -0.316 e. The number of nitrogens with zero attached hydrogens (tertiary/aromatic N) is 1. The third-order valence-electron chi connectivity index (χ3n) is 2.55. The van der Waals surface area contributed by atoms with E-state index in [2.05, 4.69) is 15.0 Å². The lowest BCUT2D eigenvalue weighted by molar-refractivity contribution is 0.592. The van der Waals surface area contributed by atoms with Crippen LogP contribution in [0.15, 0.2) is 47.6 Å². The van der Waals surface area contributed by atoms with Gasteiger partial charge in [0.25, 0.3) is 10.0 Å². The molecule has 7 heteroatoms. The quantitative estimate of drug-likeness (QED) is 0.881. The van der Waals surface area contributed by atoms with Crippen molar-refractivity contribution in [2.24, 2.45) is 0 Å². The maximum absolute atomic E-state index is 13.0. The van der Waals surface area contributed by atoms with Gasteiger partial charge in [-0.2, -0.15) is 0 Å². The molecule has 1 aromatic carbocycles. The summed E-state index contributed by atoms with van der Waals surface area (Å²) in [5.74, 6) is -0.697. The highest BCUT2D eigenvalue weighted by Crippen LogP contribution is 2.17. The number of hydrogen-bond donors (Lipinski definition) is 2. The predicted molar refractivity (Wildman–Crippen MR) is 74.2 cm³/mol. The molecule has 0 bridgehead atoms. The van der Waals surface area contributed by atoms with Gasteiger partial charge in [0.15, 0.2) is 0 Å². The van der Waals surface area contributed by atoms with Crippen LogP contribution in [0.3, 0.4) is 0 Å². The van der Waals surface area contributed by atoms with Gasteiger partial charge in [-0.05, 0) is 30.8 Å². The number of aromatic nitrogens is 1. The zero-order valence-corrected chi connectivity index (χ0v) is 11.6. The summed E-state index contributed by atoms with van der Waals surface area (Å²) in [6, 6.07) is 7.88. The van der Waals surface area contributed by atoms with Gasteiger partial charge in [0.05, 0.1) is 6.20 Å². The van der Waals surface area contributed by atoms with Crippen LogP contribution >= 0.6 is 0 Å². The summed E-state index contributed by atoms with van der Waals surface area (Å²) in [5, 5.41) is 2.98. The Morgan fingerprint density at radius 3 is 2.75 bits per heavy atom. The third kappa shape index (κ3) is 3.52. The molecule has 0 radical (unpaired) electrons. The van der Waals surface area contributed by atoms with Gasteiger partial charge in [-0.25, -0.2) is 12.8 Å². The van der Waals surface area contributed by atoms with Crippen LogP contribution in [0.25, 0.3) is 0 Å². The first kappa shape index (κ1) is 14.4. The van der Waals surface area contributed by atoms with Crippen LogP contribution in [-0.4, -0.2) is 20.4 Å². The number of pyridine rings is 1. The molecule has 0 spiro atoms. The number of benzene rings is 1. The van der Waals surface area contributed by atoms with Crippen molar-refractivity contribution < 1.29 is 12.8 Å². The van der Waals surface area contributed by atoms with Gasteiger partial charge in [-0.15, -0.1) is 0 Å². The number of hydrogen-bond acceptors (Lipinski definition) is 4. The predicted octanol–water partition coefficient (Wildman–Crippen LogP) is 1.74. The van der Waals surface area contributed by atoms with Crippen LogP contribution in [0, 0.1) is 5.82 Å². The highest BCUT2D eigenvalue weighted by atomic mass is 32.2. The first-order valence-corrected chi connectivity index (χ1v) is 7.36. The van der Waals surface area contributed by atoms with Gasteiger partial charge < -0.3 is 5.32 Å². The fourth-order valence-corrected chi connectivity index (χ4v) is 2.72. The molecule has 0 fully saturated rings. The van der Waals surface area contributed by atoms with Gasteiger partial charge in [0.1, 0.15) is 10.7 Å². The molecule has 0 atom stereocenters. The highest BCUT2D eigenvalue weighted by molar-refractivity contribution is 7.92. The monoisotopic (exact) mass is 295 g/mol. The molecule has 0 amide bonds. The minimum atomic E-state index is -3.84. The number of anilines is 1. The van der Waals surface area contributed by atoms with E-state index >= 15 is 0 Å². The SMILES string of the molecule is CNCc1cccc(NS(=O)(=O)c2cncc(F)c2)c1. The molecule has 0 saturated carbocycles. The Balaban J connectivity index is 2.26. The Kier molecular flexibility index (Phi) is 4.31. The number of halogens is 1. The normalized spacial score (nSPS) is 11.3. The van der Waals surface area contributed by atoms with Crippen molar-refractivity contribution in [3.63, 3.8) is 0 Å². The van der Waals surface area contributed by atoms with Crippen molar-refractivity contribution in [1.29, 1.82) is 0 Å². The lowest BCUT2D eigenvalue weighted by atomic mass is 10.2. The smallest absolute Gasteiger partial charge is 0.263 e. The maximum Gasteiger partial charge on any atom is 0.263 e. The molecule has 2 N–H and O–H groups in total. The summed E-state index contributed by atoms with van der Waals surface area (Å²) >= 11 is 0. The van der Waals surface area contributed by atoms with Gasteiger partial charge in [0, 0.05) is 18.4 Å². The van der Waals surface area contributed by atoms with Crippen molar-refractivity contribution in [2.45, 2.75) is 11.4 Å². The molecule has 106 valence electrons. The van der Waals surface area contributed by atoms with Gasteiger partial charge in [-0.3, -0.25) is 9.71 Å². The standard InChI is InChI=1S/C13H14FN3O2S/c1-15-7-10-3-2-4-12(5-10)17-20(18,19)13-6-11(14)8-16-9-13/h2-6,8-9,15,17H,7H2,1H3. The molecular weight excluding hydrogens is 281 g/mol. The van der Waals surface area contributed by atoms with Gasteiger partial charge >= 0.3 is 0 Å². The van der Waals surface area contributed by atoms with Gasteiger partial charge in [0.2, 0.25) is 0 Å². The van der Waals surface area contributed by atoms with Crippen LogP contribution in [-0.2, 0) is 16.6 Å². The molecule has 1 heterocycles. The van der Waals surface area contributed by atoms with E-state index in [0.717, 1.165) is 24.0 Å². The summed E-state index contributed by atoms with van der Waals surface area (Å²) in [6.07, 6.45) is 2.05. The van der Waals surface area contributed by atoms with Crippen molar-refractivity contribution >= 4 is 15.7 Å². The highest BCUT2D eigenvalue weighted by Gasteiger charge is 2.15. The van der Waals surface area contributed by atoms with Crippen molar-refractivity contribution in [2.75, 3.05) is 11.8 Å². The first-order chi connectivity index (χ1) is 9.51. The van der Waals surface area contributed by atoms with Crippen LogP contribution in [0.4, 0.5) is 10.1 Å². The zero-order valence-electron chi connectivity index (χ0n) is 10.8. The summed E-state index contributed by atoms with van der Waals surface area (Å²) in [5.41, 5.74) is 1.35.